The second-order valence-electron chi connectivity index (χ2n) is 3.51. The number of urea groups is 1. The molecule has 11 nitrogen and oxygen atoms in total. The molecular formula is C7H15BrN2Na2O9P2. The number of amides is 3. The molecule has 0 unspecified atom stereocenters. The number of phosphoric acid groups is 2. The normalized spacial score (nSPS) is 11.1. The molecule has 0 spiro atoms. The fourth-order valence-corrected chi connectivity index (χ4v) is 2.07. The fourth-order valence-electron chi connectivity index (χ4n) is 0.925. The summed E-state index contributed by atoms with van der Waals surface area (Å²) in [4.78, 5) is 55.8. The zero-order chi connectivity index (χ0) is 17.5. The fraction of sp³-hybridized carbons (Fsp3) is 0.714. The van der Waals surface area contributed by atoms with E-state index in [1.807, 2.05) is 19.2 Å². The van der Waals surface area contributed by atoms with Crippen LogP contribution in [0.4, 0.5) is 4.79 Å². The van der Waals surface area contributed by atoms with E-state index < -0.39 is 26.0 Å². The molecule has 0 aromatic heterocycles. The van der Waals surface area contributed by atoms with Crippen LogP contribution < -0.4 is 80.0 Å². The van der Waals surface area contributed by atoms with Crippen LogP contribution >= 0.6 is 31.6 Å². The number of carbonyl (C=O) groups excluding carboxylic acids is 2. The molecule has 0 aromatic carbocycles. The molecule has 0 atom stereocenters. The van der Waals surface area contributed by atoms with Gasteiger partial charge >= 0.3 is 73.0 Å². The number of rotatable bonds is 5. The molecule has 0 rings (SSSR count). The van der Waals surface area contributed by atoms with Crippen molar-refractivity contribution in [1.29, 1.82) is 0 Å². The predicted molar refractivity (Wildman–Crippen MR) is 70.7 cm³/mol. The van der Waals surface area contributed by atoms with Gasteiger partial charge in [0.25, 0.3) is 0 Å². The maximum absolute atomic E-state index is 11.3. The molecule has 0 aliphatic rings. The quantitative estimate of drug-likeness (QED) is 0.175. The Labute approximate surface area is 185 Å². The summed E-state index contributed by atoms with van der Waals surface area (Å²) in [6.07, 6.45) is 1.23. The van der Waals surface area contributed by atoms with E-state index in [1.54, 1.807) is 0 Å². The minimum absolute atomic E-state index is 0. The summed E-state index contributed by atoms with van der Waals surface area (Å²) >= 11 is 3.26. The van der Waals surface area contributed by atoms with Crippen LogP contribution in [0.3, 0.4) is 0 Å². The Hall–Kier alpha value is 1.68. The van der Waals surface area contributed by atoms with Crippen LogP contribution in [-0.4, -0.2) is 26.0 Å². The van der Waals surface area contributed by atoms with Crippen LogP contribution in [0.5, 0.6) is 0 Å². The summed E-state index contributed by atoms with van der Waals surface area (Å²) in [6.45, 7) is 3.72. The van der Waals surface area contributed by atoms with Crippen LogP contribution in [0.25, 0.3) is 0 Å². The van der Waals surface area contributed by atoms with Crippen molar-refractivity contribution >= 4 is 43.5 Å². The molecule has 126 valence electrons. The standard InChI is InChI=1S/C7H13BrN2O2.2Na.H4O7P2/c1-3-7(8,4-2)5(11)10-6(9)12;;;1-8(2,3)7-9(4,5)6/h3-4H2,1-2H3,(H3,9,10,11,12);;;(H2,1,2,3)(H2,4,5,6)/q;2*+1;/p-2. The molecule has 0 saturated carbocycles. The molecular weight excluding hydrogens is 444 g/mol. The van der Waals surface area contributed by atoms with Gasteiger partial charge in [-0.15, -0.1) is 0 Å². The third-order valence-corrected chi connectivity index (χ3v) is 5.10. The number of hydrogen-bond donors (Lipinski definition) is 4. The minimum atomic E-state index is -5.55. The zero-order valence-electron chi connectivity index (χ0n) is 13.0. The molecule has 0 radical (unpaired) electrons. The van der Waals surface area contributed by atoms with Gasteiger partial charge in [-0.2, -0.15) is 0 Å². The second kappa shape index (κ2) is 13.8. The van der Waals surface area contributed by atoms with E-state index in [4.69, 9.17) is 15.5 Å². The molecule has 0 aromatic rings. The molecule has 23 heavy (non-hydrogen) atoms. The van der Waals surface area contributed by atoms with Gasteiger partial charge in [-0.05, 0) is 12.8 Å². The van der Waals surface area contributed by atoms with Crippen LogP contribution in [0.1, 0.15) is 26.7 Å². The van der Waals surface area contributed by atoms with Gasteiger partial charge in [-0.1, -0.05) is 29.8 Å². The van der Waals surface area contributed by atoms with Crippen molar-refractivity contribution in [3.63, 3.8) is 0 Å². The van der Waals surface area contributed by atoms with E-state index in [0.29, 0.717) is 12.8 Å². The SMILES string of the molecule is CCC(Br)(CC)C(=O)NC(N)=O.O=P([O-])([O-])OP(=O)(O)O.[Na+].[Na+]. The Morgan fingerprint density at radius 1 is 1.22 bits per heavy atom. The van der Waals surface area contributed by atoms with Crippen molar-refractivity contribution in [2.24, 2.45) is 5.73 Å². The van der Waals surface area contributed by atoms with Crippen molar-refractivity contribution in [3.05, 3.63) is 0 Å². The van der Waals surface area contributed by atoms with E-state index >= 15 is 0 Å². The summed E-state index contributed by atoms with van der Waals surface area (Å²) in [6, 6.07) is -0.814. The molecule has 0 fully saturated rings. The zero-order valence-corrected chi connectivity index (χ0v) is 20.4. The van der Waals surface area contributed by atoms with Gasteiger partial charge in [-0.25, -0.2) is 9.36 Å². The van der Waals surface area contributed by atoms with Crippen molar-refractivity contribution < 1.29 is 102 Å². The maximum atomic E-state index is 11.3. The molecule has 16 heteroatoms. The maximum Gasteiger partial charge on any atom is 1.00 e. The first-order valence-electron chi connectivity index (χ1n) is 5.25. The van der Waals surface area contributed by atoms with Crippen LogP contribution in [0.15, 0.2) is 0 Å². The van der Waals surface area contributed by atoms with E-state index in [9.17, 15) is 28.5 Å². The van der Waals surface area contributed by atoms with Gasteiger partial charge in [0.05, 0.1) is 7.82 Å². The largest absolute Gasteiger partial charge is 1.00 e. The number of nitrogens with two attached hydrogens (primary N) is 1. The predicted octanol–water partition coefficient (Wildman–Crippen LogP) is -6.93. The average Bonchev–Trinajstić information content (AvgIpc) is 2.22. The average molecular weight is 459 g/mol. The molecule has 0 heterocycles. The first-order chi connectivity index (χ1) is 9.17. The number of carbonyl (C=O) groups is 2. The van der Waals surface area contributed by atoms with E-state index in [0.717, 1.165) is 0 Å². The molecule has 3 amide bonds. The van der Waals surface area contributed by atoms with Gasteiger partial charge in [0, 0.05) is 0 Å². The topological polar surface area (TPSA) is 202 Å². The van der Waals surface area contributed by atoms with Crippen molar-refractivity contribution in [2.75, 3.05) is 0 Å². The van der Waals surface area contributed by atoms with Crippen LogP contribution in [-0.2, 0) is 18.2 Å². The van der Waals surface area contributed by atoms with Crippen molar-refractivity contribution in [1.82, 2.24) is 5.32 Å². The second-order valence-corrected chi connectivity index (χ2v) is 7.56. The first-order valence-corrected chi connectivity index (χ1v) is 9.04. The van der Waals surface area contributed by atoms with E-state index in [-0.39, 0.29) is 65.0 Å². The molecule has 0 aliphatic carbocycles. The van der Waals surface area contributed by atoms with Gasteiger partial charge < -0.3 is 29.9 Å². The smallest absolute Gasteiger partial charge is 0.789 e. The molecule has 0 saturated heterocycles. The number of alkyl halides is 1. The molecule has 0 aliphatic heterocycles. The summed E-state index contributed by atoms with van der Waals surface area (Å²) in [5.74, 6) is -0.375. The Morgan fingerprint density at radius 2 is 1.57 bits per heavy atom. The third kappa shape index (κ3) is 19.8. The number of hydrogen-bond acceptors (Lipinski definition) is 7. The van der Waals surface area contributed by atoms with Crippen LogP contribution in [0.2, 0.25) is 0 Å². The van der Waals surface area contributed by atoms with E-state index in [1.165, 1.54) is 0 Å². The number of primary amides is 1. The van der Waals surface area contributed by atoms with Gasteiger partial charge in [0.2, 0.25) is 5.91 Å². The summed E-state index contributed by atoms with van der Waals surface area (Å²) in [7, 11) is -10.7. The monoisotopic (exact) mass is 458 g/mol. The van der Waals surface area contributed by atoms with Crippen molar-refractivity contribution in [2.45, 2.75) is 31.0 Å². The van der Waals surface area contributed by atoms with Crippen molar-refractivity contribution in [3.8, 4) is 0 Å². The minimum Gasteiger partial charge on any atom is -0.789 e. The van der Waals surface area contributed by atoms with Gasteiger partial charge in [0.1, 0.15) is 4.32 Å². The summed E-state index contributed by atoms with van der Waals surface area (Å²) in [5.41, 5.74) is 4.81. The Balaban J connectivity index is -0.000000149. The van der Waals surface area contributed by atoms with Crippen LogP contribution in [0, 0.1) is 0 Å². The molecule has 5 N–H and O–H groups in total. The Kier molecular flexibility index (Phi) is 19.5. The number of imide groups is 1. The van der Waals surface area contributed by atoms with Gasteiger partial charge in [0.15, 0.2) is 0 Å². The first kappa shape index (κ1) is 32.4. The van der Waals surface area contributed by atoms with Gasteiger partial charge in [-0.3, -0.25) is 14.4 Å². The van der Waals surface area contributed by atoms with E-state index in [2.05, 4.69) is 20.2 Å². The number of halogens is 1. The summed E-state index contributed by atoms with van der Waals surface area (Å²) < 4.78 is 21.0. The molecule has 0 bridgehead atoms. The Bertz CT molecular complexity index is 445. The Morgan fingerprint density at radius 3 is 1.70 bits per heavy atom. The number of nitrogens with one attached hydrogen (secondary N) is 1. The summed E-state index contributed by atoms with van der Waals surface area (Å²) in [5, 5.41) is 2.04. The third-order valence-electron chi connectivity index (χ3n) is 1.97.